The first-order chi connectivity index (χ1) is 13.3. The fraction of sp³-hybridized carbons (Fsp3) is 0.316. The maximum atomic E-state index is 13.9. The van der Waals surface area contributed by atoms with Crippen molar-refractivity contribution in [2.24, 2.45) is 0 Å². The molecular weight excluding hydrogens is 393 g/mol. The Morgan fingerprint density at radius 3 is 2.14 bits per heavy atom. The number of carbonyl (C=O) groups excluding carboxylic acids is 1. The SMILES string of the molecule is O=C(CCc1ccc(F)cc1)N1CCN(S(=O)(=O)c2cc(F)ccc2F)CC1. The number of hydrogen-bond acceptors (Lipinski definition) is 3. The third-order valence-corrected chi connectivity index (χ3v) is 6.56. The molecule has 150 valence electrons. The highest BCUT2D eigenvalue weighted by molar-refractivity contribution is 7.89. The van der Waals surface area contributed by atoms with Gasteiger partial charge in [0.2, 0.25) is 15.9 Å². The van der Waals surface area contributed by atoms with E-state index in [1.165, 1.54) is 17.0 Å². The van der Waals surface area contributed by atoms with Gasteiger partial charge < -0.3 is 4.90 Å². The van der Waals surface area contributed by atoms with Crippen LogP contribution in [0.2, 0.25) is 0 Å². The Balaban J connectivity index is 1.58. The molecule has 9 heteroatoms. The van der Waals surface area contributed by atoms with Gasteiger partial charge in [0, 0.05) is 32.6 Å². The number of halogens is 3. The second kappa shape index (κ2) is 8.32. The minimum Gasteiger partial charge on any atom is -0.340 e. The number of nitrogens with zero attached hydrogens (tertiary/aromatic N) is 2. The zero-order valence-electron chi connectivity index (χ0n) is 14.9. The molecule has 1 amide bonds. The molecule has 0 saturated carbocycles. The maximum Gasteiger partial charge on any atom is 0.246 e. The van der Waals surface area contributed by atoms with Crippen molar-refractivity contribution >= 4 is 15.9 Å². The Labute approximate surface area is 161 Å². The quantitative estimate of drug-likeness (QED) is 0.759. The maximum absolute atomic E-state index is 13.9. The molecule has 0 N–H and O–H groups in total. The molecule has 3 rings (SSSR count). The van der Waals surface area contributed by atoms with Crippen LogP contribution >= 0.6 is 0 Å². The average Bonchev–Trinajstić information content (AvgIpc) is 2.69. The van der Waals surface area contributed by atoms with E-state index in [2.05, 4.69) is 0 Å². The van der Waals surface area contributed by atoms with Gasteiger partial charge in [-0.25, -0.2) is 21.6 Å². The van der Waals surface area contributed by atoms with Crippen LogP contribution in [-0.2, 0) is 21.2 Å². The number of hydrogen-bond donors (Lipinski definition) is 0. The molecule has 28 heavy (non-hydrogen) atoms. The van der Waals surface area contributed by atoms with Crippen LogP contribution in [0, 0.1) is 17.5 Å². The van der Waals surface area contributed by atoms with Gasteiger partial charge in [-0.05, 0) is 42.3 Å². The Kier molecular flexibility index (Phi) is 6.04. The molecule has 0 radical (unpaired) electrons. The number of rotatable bonds is 5. The van der Waals surface area contributed by atoms with Gasteiger partial charge in [0.1, 0.15) is 22.3 Å². The van der Waals surface area contributed by atoms with Crippen LogP contribution in [0.3, 0.4) is 0 Å². The highest BCUT2D eigenvalue weighted by Gasteiger charge is 2.32. The topological polar surface area (TPSA) is 57.7 Å². The number of benzene rings is 2. The highest BCUT2D eigenvalue weighted by atomic mass is 32.2. The standard InChI is InChI=1S/C19H19F3N2O3S/c20-15-4-1-14(2-5-15)3-8-19(25)23-9-11-24(12-10-23)28(26,27)18-13-16(21)6-7-17(18)22/h1-2,4-7,13H,3,8-12H2. The van der Waals surface area contributed by atoms with Crippen molar-refractivity contribution in [3.8, 4) is 0 Å². The van der Waals surface area contributed by atoms with Crippen LogP contribution in [0.4, 0.5) is 13.2 Å². The number of amides is 1. The zero-order valence-corrected chi connectivity index (χ0v) is 15.8. The van der Waals surface area contributed by atoms with Gasteiger partial charge >= 0.3 is 0 Å². The fourth-order valence-corrected chi connectivity index (χ4v) is 4.55. The van der Waals surface area contributed by atoms with Crippen molar-refractivity contribution < 1.29 is 26.4 Å². The Hall–Kier alpha value is -2.39. The van der Waals surface area contributed by atoms with Crippen molar-refractivity contribution in [2.75, 3.05) is 26.2 Å². The number of aryl methyl sites for hydroxylation is 1. The summed E-state index contributed by atoms with van der Waals surface area (Å²) in [4.78, 5) is 13.2. The number of carbonyl (C=O) groups is 1. The molecule has 0 aromatic heterocycles. The van der Waals surface area contributed by atoms with E-state index in [1.54, 1.807) is 12.1 Å². The summed E-state index contributed by atoms with van der Waals surface area (Å²) >= 11 is 0. The molecule has 0 aliphatic carbocycles. The van der Waals surface area contributed by atoms with Crippen LogP contribution in [0.5, 0.6) is 0 Å². The normalized spacial score (nSPS) is 15.6. The van der Waals surface area contributed by atoms with Crippen molar-refractivity contribution in [2.45, 2.75) is 17.7 Å². The lowest BCUT2D eigenvalue weighted by molar-refractivity contribution is -0.132. The third-order valence-electron chi connectivity index (χ3n) is 4.64. The Morgan fingerprint density at radius 1 is 0.893 bits per heavy atom. The molecule has 2 aromatic rings. The molecule has 0 unspecified atom stereocenters. The Morgan fingerprint density at radius 2 is 1.50 bits per heavy atom. The predicted molar refractivity (Wildman–Crippen MR) is 96.4 cm³/mol. The highest BCUT2D eigenvalue weighted by Crippen LogP contribution is 2.22. The van der Waals surface area contributed by atoms with E-state index in [-0.39, 0.29) is 44.3 Å². The molecule has 0 bridgehead atoms. The first-order valence-corrected chi connectivity index (χ1v) is 10.2. The summed E-state index contributed by atoms with van der Waals surface area (Å²) in [6, 6.07) is 8.17. The third kappa shape index (κ3) is 4.53. The van der Waals surface area contributed by atoms with E-state index < -0.39 is 26.6 Å². The summed E-state index contributed by atoms with van der Waals surface area (Å²) in [5.41, 5.74) is 0.831. The summed E-state index contributed by atoms with van der Waals surface area (Å²) in [6.45, 7) is 0.331. The van der Waals surface area contributed by atoms with E-state index in [4.69, 9.17) is 0 Å². The second-order valence-electron chi connectivity index (χ2n) is 6.49. The predicted octanol–water partition coefficient (Wildman–Crippen LogP) is 2.57. The lowest BCUT2D eigenvalue weighted by Crippen LogP contribution is -2.50. The fourth-order valence-electron chi connectivity index (χ4n) is 3.05. The van der Waals surface area contributed by atoms with Crippen molar-refractivity contribution in [1.82, 2.24) is 9.21 Å². The lowest BCUT2D eigenvalue weighted by Gasteiger charge is -2.34. The molecule has 1 saturated heterocycles. The van der Waals surface area contributed by atoms with Gasteiger partial charge in [-0.3, -0.25) is 4.79 Å². The van der Waals surface area contributed by atoms with Gasteiger partial charge in [0.05, 0.1) is 0 Å². The Bertz CT molecular complexity index is 957. The van der Waals surface area contributed by atoms with Crippen molar-refractivity contribution in [1.29, 1.82) is 0 Å². The largest absolute Gasteiger partial charge is 0.340 e. The van der Waals surface area contributed by atoms with Gasteiger partial charge in [-0.1, -0.05) is 12.1 Å². The summed E-state index contributed by atoms with van der Waals surface area (Å²) in [6.07, 6.45) is 0.670. The van der Waals surface area contributed by atoms with Crippen molar-refractivity contribution in [3.63, 3.8) is 0 Å². The van der Waals surface area contributed by atoms with E-state index >= 15 is 0 Å². The molecular formula is C19H19F3N2O3S. The first-order valence-electron chi connectivity index (χ1n) is 8.75. The summed E-state index contributed by atoms with van der Waals surface area (Å²) < 4.78 is 66.3. The van der Waals surface area contributed by atoms with E-state index in [1.807, 2.05) is 0 Å². The molecule has 0 atom stereocenters. The average molecular weight is 412 g/mol. The minimum atomic E-state index is -4.18. The van der Waals surface area contributed by atoms with Gasteiger partial charge in [-0.2, -0.15) is 4.31 Å². The summed E-state index contributed by atoms with van der Waals surface area (Å²) in [7, 11) is -4.18. The van der Waals surface area contributed by atoms with Gasteiger partial charge in [0.25, 0.3) is 0 Å². The lowest BCUT2D eigenvalue weighted by atomic mass is 10.1. The minimum absolute atomic E-state index is 0.000570. The molecule has 1 fully saturated rings. The summed E-state index contributed by atoms with van der Waals surface area (Å²) in [5.74, 6) is -2.34. The molecule has 1 aliphatic rings. The molecule has 1 heterocycles. The number of piperazine rings is 1. The van der Waals surface area contributed by atoms with Crippen LogP contribution in [-0.4, -0.2) is 49.7 Å². The van der Waals surface area contributed by atoms with Crippen LogP contribution < -0.4 is 0 Å². The number of sulfonamides is 1. The van der Waals surface area contributed by atoms with Crippen molar-refractivity contribution in [3.05, 3.63) is 65.5 Å². The molecule has 5 nitrogen and oxygen atoms in total. The van der Waals surface area contributed by atoms with E-state index in [9.17, 15) is 26.4 Å². The first kappa shape index (κ1) is 20.3. The van der Waals surface area contributed by atoms with Crippen LogP contribution in [0.25, 0.3) is 0 Å². The van der Waals surface area contributed by atoms with E-state index in [0.29, 0.717) is 12.5 Å². The molecule has 0 spiro atoms. The second-order valence-corrected chi connectivity index (χ2v) is 8.39. The van der Waals surface area contributed by atoms with Gasteiger partial charge in [-0.15, -0.1) is 0 Å². The van der Waals surface area contributed by atoms with Crippen LogP contribution in [0.15, 0.2) is 47.4 Å². The van der Waals surface area contributed by atoms with Gasteiger partial charge in [0.15, 0.2) is 0 Å². The van der Waals surface area contributed by atoms with Crippen LogP contribution in [0.1, 0.15) is 12.0 Å². The summed E-state index contributed by atoms with van der Waals surface area (Å²) in [5, 5.41) is 0. The monoisotopic (exact) mass is 412 g/mol. The molecule has 2 aromatic carbocycles. The zero-order chi connectivity index (χ0) is 20.3. The molecule has 1 aliphatic heterocycles. The van der Waals surface area contributed by atoms with E-state index in [0.717, 1.165) is 22.0 Å². The smallest absolute Gasteiger partial charge is 0.246 e.